The molecule has 5 nitrogen and oxygen atoms in total. The summed E-state index contributed by atoms with van der Waals surface area (Å²) in [5.74, 6) is 6.55. The number of nitrogen functional groups attached to an aromatic ring is 1. The number of hydrazine groups is 1. The first-order valence-corrected chi connectivity index (χ1v) is 5.75. The molecule has 0 fully saturated rings. The van der Waals surface area contributed by atoms with Crippen LogP contribution in [0.3, 0.4) is 0 Å². The zero-order valence-electron chi connectivity index (χ0n) is 10.6. The number of aryl methyl sites for hydroxylation is 1. The minimum absolute atomic E-state index is 0.420. The lowest BCUT2D eigenvalue weighted by atomic mass is 10.1. The zero-order chi connectivity index (χ0) is 13.0. The minimum Gasteiger partial charge on any atom is -0.355 e. The Kier molecular flexibility index (Phi) is 3.74. The zero-order valence-corrected chi connectivity index (χ0v) is 10.6. The summed E-state index contributed by atoms with van der Waals surface area (Å²) < 4.78 is 0. The fourth-order valence-corrected chi connectivity index (χ4v) is 1.80. The van der Waals surface area contributed by atoms with Crippen molar-refractivity contribution in [1.82, 2.24) is 9.97 Å². The van der Waals surface area contributed by atoms with Gasteiger partial charge in [-0.25, -0.2) is 10.8 Å². The first-order valence-electron chi connectivity index (χ1n) is 5.75. The Labute approximate surface area is 107 Å². The lowest BCUT2D eigenvalue weighted by Crippen LogP contribution is -2.19. The Balaban J connectivity index is 2.13. The fraction of sp³-hybridized carbons (Fsp3) is 0.231. The highest BCUT2D eigenvalue weighted by molar-refractivity contribution is 5.42. The highest BCUT2D eigenvalue weighted by Gasteiger charge is 2.05. The van der Waals surface area contributed by atoms with Crippen LogP contribution in [0.2, 0.25) is 0 Å². The van der Waals surface area contributed by atoms with Gasteiger partial charge in [0.2, 0.25) is 5.95 Å². The Morgan fingerprint density at radius 3 is 2.89 bits per heavy atom. The van der Waals surface area contributed by atoms with E-state index in [-0.39, 0.29) is 0 Å². The predicted octanol–water partition coefficient (Wildman–Crippen LogP) is 1.71. The van der Waals surface area contributed by atoms with Gasteiger partial charge in [-0.05, 0) is 18.6 Å². The van der Waals surface area contributed by atoms with Crippen molar-refractivity contribution in [2.75, 3.05) is 17.4 Å². The molecule has 1 heterocycles. The topological polar surface area (TPSA) is 67.1 Å². The van der Waals surface area contributed by atoms with Crippen LogP contribution in [0.15, 0.2) is 36.5 Å². The number of hydrogen-bond acceptors (Lipinski definition) is 5. The SMILES string of the molecule is Cc1cccc(CN(C)c2ccnc(NN)n2)c1. The van der Waals surface area contributed by atoms with Gasteiger partial charge in [0.15, 0.2) is 0 Å². The van der Waals surface area contributed by atoms with Crippen LogP contribution in [0.1, 0.15) is 11.1 Å². The van der Waals surface area contributed by atoms with Gasteiger partial charge in [0.25, 0.3) is 0 Å². The van der Waals surface area contributed by atoms with Gasteiger partial charge in [-0.2, -0.15) is 4.98 Å². The number of nitrogens with two attached hydrogens (primary N) is 1. The quantitative estimate of drug-likeness (QED) is 0.632. The van der Waals surface area contributed by atoms with E-state index in [4.69, 9.17) is 5.84 Å². The molecule has 18 heavy (non-hydrogen) atoms. The second-order valence-corrected chi connectivity index (χ2v) is 4.23. The molecule has 0 unspecified atom stereocenters. The van der Waals surface area contributed by atoms with E-state index in [1.54, 1.807) is 6.20 Å². The largest absolute Gasteiger partial charge is 0.355 e. The number of rotatable bonds is 4. The third-order valence-electron chi connectivity index (χ3n) is 2.66. The highest BCUT2D eigenvalue weighted by atomic mass is 15.3. The molecule has 0 spiro atoms. The van der Waals surface area contributed by atoms with Gasteiger partial charge in [-0.3, -0.25) is 5.43 Å². The second-order valence-electron chi connectivity index (χ2n) is 4.23. The van der Waals surface area contributed by atoms with Crippen molar-refractivity contribution in [3.05, 3.63) is 47.7 Å². The maximum Gasteiger partial charge on any atom is 0.239 e. The van der Waals surface area contributed by atoms with Crippen molar-refractivity contribution in [1.29, 1.82) is 0 Å². The minimum atomic E-state index is 0.420. The van der Waals surface area contributed by atoms with E-state index in [9.17, 15) is 0 Å². The van der Waals surface area contributed by atoms with Crippen LogP contribution in [-0.2, 0) is 6.54 Å². The molecule has 0 saturated heterocycles. The molecule has 0 aliphatic heterocycles. The molecule has 2 rings (SSSR count). The smallest absolute Gasteiger partial charge is 0.239 e. The van der Waals surface area contributed by atoms with E-state index in [2.05, 4.69) is 51.5 Å². The van der Waals surface area contributed by atoms with Gasteiger partial charge < -0.3 is 4.90 Å². The second kappa shape index (κ2) is 5.46. The van der Waals surface area contributed by atoms with Gasteiger partial charge in [0.05, 0.1) is 0 Å². The molecule has 5 heteroatoms. The van der Waals surface area contributed by atoms with Crippen LogP contribution in [0.5, 0.6) is 0 Å². The maximum absolute atomic E-state index is 5.30. The van der Waals surface area contributed by atoms with Crippen molar-refractivity contribution in [2.24, 2.45) is 5.84 Å². The molecule has 0 atom stereocenters. The van der Waals surface area contributed by atoms with Gasteiger partial charge >= 0.3 is 0 Å². The normalized spacial score (nSPS) is 10.2. The molecule has 1 aromatic heterocycles. The summed E-state index contributed by atoms with van der Waals surface area (Å²) in [4.78, 5) is 10.3. The van der Waals surface area contributed by atoms with E-state index in [0.29, 0.717) is 5.95 Å². The molecule has 2 aromatic rings. The summed E-state index contributed by atoms with van der Waals surface area (Å²) in [6.07, 6.45) is 1.68. The molecular formula is C13H17N5. The van der Waals surface area contributed by atoms with Gasteiger partial charge in [0.1, 0.15) is 5.82 Å². The Hall–Kier alpha value is -2.14. The van der Waals surface area contributed by atoms with Crippen LogP contribution in [0.25, 0.3) is 0 Å². The molecule has 0 bridgehead atoms. The molecular weight excluding hydrogens is 226 g/mol. The summed E-state index contributed by atoms with van der Waals surface area (Å²) in [7, 11) is 1.99. The Morgan fingerprint density at radius 1 is 1.33 bits per heavy atom. The Bertz CT molecular complexity index is 526. The van der Waals surface area contributed by atoms with E-state index >= 15 is 0 Å². The highest BCUT2D eigenvalue weighted by Crippen LogP contribution is 2.14. The van der Waals surface area contributed by atoms with E-state index < -0.39 is 0 Å². The average Bonchev–Trinajstić information content (AvgIpc) is 2.39. The number of nitrogens with one attached hydrogen (secondary N) is 1. The van der Waals surface area contributed by atoms with Gasteiger partial charge in [0, 0.05) is 19.8 Å². The number of nitrogens with zero attached hydrogens (tertiary/aromatic N) is 3. The van der Waals surface area contributed by atoms with Crippen LogP contribution < -0.4 is 16.2 Å². The van der Waals surface area contributed by atoms with Crippen molar-refractivity contribution in [3.8, 4) is 0 Å². The molecule has 0 aliphatic carbocycles. The van der Waals surface area contributed by atoms with Gasteiger partial charge in [-0.15, -0.1) is 0 Å². The average molecular weight is 243 g/mol. The fourth-order valence-electron chi connectivity index (χ4n) is 1.80. The lowest BCUT2D eigenvalue weighted by Gasteiger charge is -2.18. The summed E-state index contributed by atoms with van der Waals surface area (Å²) in [6.45, 7) is 2.88. The molecule has 0 amide bonds. The van der Waals surface area contributed by atoms with E-state index in [0.717, 1.165) is 12.4 Å². The third-order valence-corrected chi connectivity index (χ3v) is 2.66. The number of aromatic nitrogens is 2. The summed E-state index contributed by atoms with van der Waals surface area (Å²) in [5, 5.41) is 0. The van der Waals surface area contributed by atoms with Crippen LogP contribution in [-0.4, -0.2) is 17.0 Å². The predicted molar refractivity (Wildman–Crippen MR) is 73.1 cm³/mol. The molecule has 94 valence electrons. The number of anilines is 2. The van der Waals surface area contributed by atoms with E-state index in [1.165, 1.54) is 11.1 Å². The van der Waals surface area contributed by atoms with Crippen LogP contribution >= 0.6 is 0 Å². The summed E-state index contributed by atoms with van der Waals surface area (Å²) in [6, 6.07) is 10.3. The first-order chi connectivity index (χ1) is 8.69. The summed E-state index contributed by atoms with van der Waals surface area (Å²) in [5.41, 5.74) is 4.95. The molecule has 1 aromatic carbocycles. The summed E-state index contributed by atoms with van der Waals surface area (Å²) >= 11 is 0. The number of hydrogen-bond donors (Lipinski definition) is 2. The molecule has 0 saturated carbocycles. The van der Waals surface area contributed by atoms with Crippen LogP contribution in [0.4, 0.5) is 11.8 Å². The Morgan fingerprint density at radius 2 is 2.17 bits per heavy atom. The molecule has 0 radical (unpaired) electrons. The van der Waals surface area contributed by atoms with Crippen molar-refractivity contribution in [2.45, 2.75) is 13.5 Å². The lowest BCUT2D eigenvalue weighted by molar-refractivity contribution is 0.889. The van der Waals surface area contributed by atoms with Crippen LogP contribution in [0, 0.1) is 6.92 Å². The number of benzene rings is 1. The maximum atomic E-state index is 5.30. The van der Waals surface area contributed by atoms with Crippen molar-refractivity contribution in [3.63, 3.8) is 0 Å². The first kappa shape index (κ1) is 12.3. The van der Waals surface area contributed by atoms with Crippen molar-refractivity contribution < 1.29 is 0 Å². The molecule has 3 N–H and O–H groups in total. The van der Waals surface area contributed by atoms with Gasteiger partial charge in [-0.1, -0.05) is 29.8 Å². The molecule has 0 aliphatic rings. The monoisotopic (exact) mass is 243 g/mol. The van der Waals surface area contributed by atoms with Crippen molar-refractivity contribution >= 4 is 11.8 Å². The third kappa shape index (κ3) is 2.95. The standard InChI is InChI=1S/C13H17N5/c1-10-4-3-5-11(8-10)9-18(2)12-6-7-15-13(16-12)17-14/h3-8H,9,14H2,1-2H3,(H,15,16,17). The van der Waals surface area contributed by atoms with E-state index in [1.807, 2.05) is 13.1 Å².